The van der Waals surface area contributed by atoms with E-state index in [4.69, 9.17) is 15.2 Å². The Hall–Kier alpha value is -1.43. The number of benzene rings is 1. The molecule has 0 saturated heterocycles. The van der Waals surface area contributed by atoms with Gasteiger partial charge in [0.2, 0.25) is 6.10 Å². The molecule has 3 nitrogen and oxygen atoms in total. The van der Waals surface area contributed by atoms with E-state index in [1.54, 1.807) is 12.1 Å². The van der Waals surface area contributed by atoms with Crippen molar-refractivity contribution in [2.75, 3.05) is 13.7 Å². The van der Waals surface area contributed by atoms with Crippen LogP contribution >= 0.6 is 0 Å². The molecule has 0 fully saturated rings. The predicted octanol–water partition coefficient (Wildman–Crippen LogP) is 3.26. The summed E-state index contributed by atoms with van der Waals surface area (Å²) in [6.45, 7) is 5.04. The summed E-state index contributed by atoms with van der Waals surface area (Å²) in [6.07, 6.45) is -6.51. The SMILES string of the molecule is COc1ccc(OC(CN)C(F)(F)F)c(C(C)(C)C)c1. The maximum absolute atomic E-state index is 12.8. The summed E-state index contributed by atoms with van der Waals surface area (Å²) in [7, 11) is 1.50. The van der Waals surface area contributed by atoms with Gasteiger partial charge in [-0.1, -0.05) is 20.8 Å². The first-order chi connectivity index (χ1) is 9.09. The van der Waals surface area contributed by atoms with E-state index in [1.165, 1.54) is 13.2 Å². The van der Waals surface area contributed by atoms with Crippen molar-refractivity contribution in [2.24, 2.45) is 5.73 Å². The van der Waals surface area contributed by atoms with Crippen LogP contribution in [0.15, 0.2) is 18.2 Å². The standard InChI is InChI=1S/C14H20F3NO2/c1-13(2,3)10-7-9(19-4)5-6-11(10)20-12(8-18)14(15,16)17/h5-7,12H,8,18H2,1-4H3. The molecule has 1 aromatic rings. The topological polar surface area (TPSA) is 44.5 Å². The van der Waals surface area contributed by atoms with Gasteiger partial charge in [-0.2, -0.15) is 13.2 Å². The summed E-state index contributed by atoms with van der Waals surface area (Å²) < 4.78 is 48.4. The average Bonchev–Trinajstić information content (AvgIpc) is 2.33. The lowest BCUT2D eigenvalue weighted by Gasteiger charge is -2.27. The highest BCUT2D eigenvalue weighted by atomic mass is 19.4. The average molecular weight is 291 g/mol. The number of rotatable bonds is 4. The van der Waals surface area contributed by atoms with Crippen molar-refractivity contribution in [3.63, 3.8) is 0 Å². The molecule has 1 atom stereocenters. The van der Waals surface area contributed by atoms with Crippen LogP contribution in [-0.4, -0.2) is 25.9 Å². The Bertz CT molecular complexity index is 453. The third-order valence-electron chi connectivity index (χ3n) is 2.84. The molecule has 0 amide bonds. The van der Waals surface area contributed by atoms with Gasteiger partial charge in [0, 0.05) is 12.1 Å². The van der Waals surface area contributed by atoms with Crippen molar-refractivity contribution in [1.29, 1.82) is 0 Å². The monoisotopic (exact) mass is 291 g/mol. The molecule has 114 valence electrons. The highest BCUT2D eigenvalue weighted by molar-refractivity contribution is 5.44. The minimum Gasteiger partial charge on any atom is -0.497 e. The van der Waals surface area contributed by atoms with Crippen LogP contribution in [0.4, 0.5) is 13.2 Å². The first kappa shape index (κ1) is 16.6. The fourth-order valence-corrected chi connectivity index (χ4v) is 1.73. The maximum Gasteiger partial charge on any atom is 0.426 e. The lowest BCUT2D eigenvalue weighted by atomic mass is 9.86. The zero-order chi connectivity index (χ0) is 15.6. The Morgan fingerprint density at radius 2 is 1.80 bits per heavy atom. The molecule has 0 aromatic heterocycles. The maximum atomic E-state index is 12.8. The molecule has 20 heavy (non-hydrogen) atoms. The van der Waals surface area contributed by atoms with E-state index in [0.717, 1.165) is 0 Å². The van der Waals surface area contributed by atoms with E-state index in [0.29, 0.717) is 11.3 Å². The fourth-order valence-electron chi connectivity index (χ4n) is 1.73. The lowest BCUT2D eigenvalue weighted by molar-refractivity contribution is -0.191. The molecule has 1 unspecified atom stereocenters. The number of hydrogen-bond donors (Lipinski definition) is 1. The van der Waals surface area contributed by atoms with Gasteiger partial charge in [0.15, 0.2) is 0 Å². The number of ether oxygens (including phenoxy) is 2. The molecular formula is C14H20F3NO2. The van der Waals surface area contributed by atoms with Gasteiger partial charge in [-0.3, -0.25) is 0 Å². The highest BCUT2D eigenvalue weighted by Gasteiger charge is 2.41. The number of halogens is 3. The summed E-state index contributed by atoms with van der Waals surface area (Å²) in [5.74, 6) is 0.740. The van der Waals surface area contributed by atoms with Crippen LogP contribution in [0.25, 0.3) is 0 Å². The van der Waals surface area contributed by atoms with Gasteiger partial charge in [0.05, 0.1) is 7.11 Å². The Balaban J connectivity index is 3.18. The van der Waals surface area contributed by atoms with Crippen molar-refractivity contribution >= 4 is 0 Å². The molecule has 0 radical (unpaired) electrons. The molecule has 1 rings (SSSR count). The van der Waals surface area contributed by atoms with Crippen LogP contribution in [0.5, 0.6) is 11.5 Å². The van der Waals surface area contributed by atoms with Crippen molar-refractivity contribution in [1.82, 2.24) is 0 Å². The second-order valence-corrected chi connectivity index (χ2v) is 5.50. The first-order valence-electron chi connectivity index (χ1n) is 6.21. The normalized spacial score (nSPS) is 14.0. The second kappa shape index (κ2) is 5.91. The molecule has 1 aromatic carbocycles. The molecule has 2 N–H and O–H groups in total. The van der Waals surface area contributed by atoms with Gasteiger partial charge >= 0.3 is 6.18 Å². The Kier molecular flexibility index (Phi) is 4.91. The minimum absolute atomic E-state index is 0.172. The lowest BCUT2D eigenvalue weighted by Crippen LogP contribution is -2.41. The quantitative estimate of drug-likeness (QED) is 0.926. The van der Waals surface area contributed by atoms with Crippen LogP contribution in [0.1, 0.15) is 26.3 Å². The highest BCUT2D eigenvalue weighted by Crippen LogP contribution is 2.36. The van der Waals surface area contributed by atoms with Crippen LogP contribution in [0.3, 0.4) is 0 Å². The van der Waals surface area contributed by atoms with Gasteiger partial charge in [-0.05, 0) is 23.6 Å². The molecule has 0 saturated carbocycles. The van der Waals surface area contributed by atoms with Crippen molar-refractivity contribution in [2.45, 2.75) is 38.5 Å². The largest absolute Gasteiger partial charge is 0.497 e. The third-order valence-corrected chi connectivity index (χ3v) is 2.84. The molecule has 0 bridgehead atoms. The van der Waals surface area contributed by atoms with E-state index >= 15 is 0 Å². The molecular weight excluding hydrogens is 271 g/mol. The summed E-state index contributed by atoms with van der Waals surface area (Å²) >= 11 is 0. The number of alkyl halides is 3. The molecule has 0 aliphatic heterocycles. The Morgan fingerprint density at radius 3 is 2.20 bits per heavy atom. The zero-order valence-electron chi connectivity index (χ0n) is 12.0. The van der Waals surface area contributed by atoms with Crippen molar-refractivity contribution < 1.29 is 22.6 Å². The van der Waals surface area contributed by atoms with E-state index in [1.807, 2.05) is 20.8 Å². The second-order valence-electron chi connectivity index (χ2n) is 5.50. The first-order valence-corrected chi connectivity index (χ1v) is 6.21. The summed E-state index contributed by atoms with van der Waals surface area (Å²) in [5, 5.41) is 0. The van der Waals surface area contributed by atoms with E-state index in [9.17, 15) is 13.2 Å². The zero-order valence-corrected chi connectivity index (χ0v) is 12.0. The van der Waals surface area contributed by atoms with E-state index in [-0.39, 0.29) is 11.2 Å². The molecule has 0 aliphatic rings. The van der Waals surface area contributed by atoms with Crippen molar-refractivity contribution in [3.05, 3.63) is 23.8 Å². The van der Waals surface area contributed by atoms with E-state index < -0.39 is 18.8 Å². The number of hydrogen-bond acceptors (Lipinski definition) is 3. The summed E-state index contributed by atoms with van der Waals surface area (Å²) in [6, 6.07) is 4.72. The number of methoxy groups -OCH3 is 1. The molecule has 0 spiro atoms. The predicted molar refractivity (Wildman–Crippen MR) is 71.2 cm³/mol. The molecule has 0 aliphatic carbocycles. The fraction of sp³-hybridized carbons (Fsp3) is 0.571. The summed E-state index contributed by atoms with van der Waals surface area (Å²) in [4.78, 5) is 0. The van der Waals surface area contributed by atoms with Crippen LogP contribution in [-0.2, 0) is 5.41 Å². The van der Waals surface area contributed by atoms with Gasteiger partial charge in [0.1, 0.15) is 11.5 Å². The van der Waals surface area contributed by atoms with Gasteiger partial charge < -0.3 is 15.2 Å². The summed E-state index contributed by atoms with van der Waals surface area (Å²) in [5.41, 5.74) is 5.41. The van der Waals surface area contributed by atoms with Crippen LogP contribution in [0.2, 0.25) is 0 Å². The van der Waals surface area contributed by atoms with Gasteiger partial charge in [-0.25, -0.2) is 0 Å². The molecule has 6 heteroatoms. The van der Waals surface area contributed by atoms with E-state index in [2.05, 4.69) is 0 Å². The molecule has 0 heterocycles. The number of nitrogens with two attached hydrogens (primary N) is 1. The van der Waals surface area contributed by atoms with Crippen molar-refractivity contribution in [3.8, 4) is 11.5 Å². The van der Waals surface area contributed by atoms with Crippen LogP contribution in [0, 0.1) is 0 Å². The van der Waals surface area contributed by atoms with Crippen LogP contribution < -0.4 is 15.2 Å². The van der Waals surface area contributed by atoms with Gasteiger partial charge in [-0.15, -0.1) is 0 Å². The Morgan fingerprint density at radius 1 is 1.20 bits per heavy atom. The Labute approximate surface area is 116 Å². The third kappa shape index (κ3) is 4.03. The van der Waals surface area contributed by atoms with Gasteiger partial charge in [0.25, 0.3) is 0 Å². The minimum atomic E-state index is -4.50. The smallest absolute Gasteiger partial charge is 0.426 e.